The second kappa shape index (κ2) is 6.78. The number of nitrogens with one attached hydrogen (secondary N) is 1. The van der Waals surface area contributed by atoms with Crippen molar-refractivity contribution in [3.8, 4) is 0 Å². The highest BCUT2D eigenvalue weighted by Crippen LogP contribution is 2.20. The van der Waals surface area contributed by atoms with Gasteiger partial charge in [-0.1, -0.05) is 13.8 Å². The predicted octanol–water partition coefficient (Wildman–Crippen LogP) is 1.11. The van der Waals surface area contributed by atoms with Crippen LogP contribution in [0.2, 0.25) is 0 Å². The van der Waals surface area contributed by atoms with Gasteiger partial charge in [0.05, 0.1) is 0 Å². The molecule has 0 radical (unpaired) electrons. The van der Waals surface area contributed by atoms with Crippen LogP contribution in [0.1, 0.15) is 33.6 Å². The van der Waals surface area contributed by atoms with Crippen LogP contribution in [0.4, 0.5) is 0 Å². The number of thioether (sulfide) groups is 1. The van der Waals surface area contributed by atoms with Crippen molar-refractivity contribution in [1.29, 1.82) is 0 Å². The van der Waals surface area contributed by atoms with Crippen molar-refractivity contribution in [3.05, 3.63) is 0 Å². The average molecular weight is 273 g/mol. The van der Waals surface area contributed by atoms with Crippen LogP contribution in [0.15, 0.2) is 0 Å². The monoisotopic (exact) mass is 273 g/mol. The Bertz CT molecular complexity index is 343. The summed E-state index contributed by atoms with van der Waals surface area (Å²) < 4.78 is 5.01. The first-order valence-electron chi connectivity index (χ1n) is 6.04. The average Bonchev–Trinajstić information content (AvgIpc) is 2.29. The minimum Gasteiger partial charge on any atom is -0.450 e. The van der Waals surface area contributed by atoms with Crippen molar-refractivity contribution in [2.45, 2.75) is 45.1 Å². The molecule has 1 heterocycles. The van der Waals surface area contributed by atoms with Crippen LogP contribution in [0.3, 0.4) is 0 Å². The van der Waals surface area contributed by atoms with E-state index in [1.807, 2.05) is 0 Å². The van der Waals surface area contributed by atoms with Gasteiger partial charge in [-0.05, 0) is 6.92 Å². The predicted molar refractivity (Wildman–Crippen MR) is 69.0 cm³/mol. The number of carbonyl (C=O) groups is 3. The fourth-order valence-electron chi connectivity index (χ4n) is 1.47. The van der Waals surface area contributed by atoms with E-state index in [9.17, 15) is 14.4 Å². The molecular formula is C12H19NO4S. The fourth-order valence-corrected chi connectivity index (χ4v) is 2.32. The molecule has 1 aliphatic heterocycles. The van der Waals surface area contributed by atoms with Crippen LogP contribution in [0.25, 0.3) is 0 Å². The number of carbonyl (C=O) groups excluding carboxylic acids is 3. The van der Waals surface area contributed by atoms with Crippen molar-refractivity contribution in [1.82, 2.24) is 5.32 Å². The third-order valence-corrected chi connectivity index (χ3v) is 3.73. The van der Waals surface area contributed by atoms with Gasteiger partial charge in [0, 0.05) is 24.5 Å². The number of amides is 1. The van der Waals surface area contributed by atoms with Gasteiger partial charge in [-0.25, -0.2) is 4.79 Å². The third-order valence-electron chi connectivity index (χ3n) is 2.64. The molecule has 0 spiro atoms. The summed E-state index contributed by atoms with van der Waals surface area (Å²) in [6.07, 6.45) is 0.343. The first-order chi connectivity index (χ1) is 8.40. The number of ether oxygens (including phenoxy) is 1. The van der Waals surface area contributed by atoms with Crippen LogP contribution in [-0.2, 0) is 19.1 Å². The summed E-state index contributed by atoms with van der Waals surface area (Å²) in [5.74, 6) is -0.164. The van der Waals surface area contributed by atoms with Gasteiger partial charge in [-0.3, -0.25) is 9.59 Å². The van der Waals surface area contributed by atoms with Crippen molar-refractivity contribution >= 4 is 29.4 Å². The van der Waals surface area contributed by atoms with E-state index in [1.54, 1.807) is 20.8 Å². The molecule has 0 aromatic heterocycles. The highest BCUT2D eigenvalue weighted by molar-refractivity contribution is 7.99. The smallest absolute Gasteiger partial charge is 0.330 e. The van der Waals surface area contributed by atoms with E-state index in [0.29, 0.717) is 5.75 Å². The zero-order valence-corrected chi connectivity index (χ0v) is 11.7. The number of cyclic esters (lactones) is 1. The molecule has 1 aliphatic rings. The maximum atomic E-state index is 11.6. The maximum Gasteiger partial charge on any atom is 0.330 e. The molecular weight excluding hydrogens is 254 g/mol. The standard InChI is InChI=1S/C12H19NO4S/c1-7(2)10(14)4-5-11(15)13-9-6-18-8(3)17-12(9)16/h7-9H,4-6H2,1-3H3,(H,13,15). The van der Waals surface area contributed by atoms with Crippen molar-refractivity contribution < 1.29 is 19.1 Å². The van der Waals surface area contributed by atoms with Crippen LogP contribution < -0.4 is 5.32 Å². The van der Waals surface area contributed by atoms with Crippen LogP contribution >= 0.6 is 11.8 Å². The molecule has 0 bridgehead atoms. The van der Waals surface area contributed by atoms with Gasteiger partial charge < -0.3 is 10.1 Å². The van der Waals surface area contributed by atoms with Gasteiger partial charge >= 0.3 is 5.97 Å². The van der Waals surface area contributed by atoms with Gasteiger partial charge in [0.15, 0.2) is 0 Å². The summed E-state index contributed by atoms with van der Waals surface area (Å²) in [4.78, 5) is 34.4. The molecule has 0 aliphatic carbocycles. The van der Waals surface area contributed by atoms with Gasteiger partial charge in [-0.15, -0.1) is 11.8 Å². The molecule has 2 atom stereocenters. The SMILES string of the molecule is CC1OC(=O)C(NC(=O)CCC(=O)C(C)C)CS1. The highest BCUT2D eigenvalue weighted by Gasteiger charge is 2.29. The molecule has 18 heavy (non-hydrogen) atoms. The van der Waals surface area contributed by atoms with Crippen LogP contribution in [-0.4, -0.2) is 34.9 Å². The minimum atomic E-state index is -0.590. The second-order valence-electron chi connectivity index (χ2n) is 4.58. The zero-order chi connectivity index (χ0) is 13.7. The Hall–Kier alpha value is -1.04. The molecule has 6 heteroatoms. The van der Waals surface area contributed by atoms with Crippen LogP contribution in [0, 0.1) is 5.92 Å². The summed E-state index contributed by atoms with van der Waals surface area (Å²) in [6, 6.07) is -0.590. The molecule has 1 saturated heterocycles. The number of rotatable bonds is 5. The summed E-state index contributed by atoms with van der Waals surface area (Å²) in [5.41, 5.74) is -0.159. The van der Waals surface area contributed by atoms with E-state index in [1.165, 1.54) is 11.8 Å². The zero-order valence-electron chi connectivity index (χ0n) is 10.9. The molecule has 2 unspecified atom stereocenters. The highest BCUT2D eigenvalue weighted by atomic mass is 32.2. The van der Waals surface area contributed by atoms with E-state index < -0.39 is 12.0 Å². The lowest BCUT2D eigenvalue weighted by molar-refractivity contribution is -0.149. The summed E-state index contributed by atoms with van der Waals surface area (Å²) in [5, 5.41) is 2.60. The number of Topliss-reactive ketones (excluding diaryl/α,β-unsaturated/α-hetero) is 1. The van der Waals surface area contributed by atoms with E-state index in [2.05, 4.69) is 5.32 Å². The topological polar surface area (TPSA) is 72.5 Å². The third kappa shape index (κ3) is 4.68. The molecule has 0 aromatic rings. The van der Waals surface area contributed by atoms with Gasteiger partial charge in [0.2, 0.25) is 5.91 Å². The van der Waals surface area contributed by atoms with Gasteiger partial charge in [-0.2, -0.15) is 0 Å². The first-order valence-corrected chi connectivity index (χ1v) is 7.09. The van der Waals surface area contributed by atoms with Crippen molar-refractivity contribution in [2.75, 3.05) is 5.75 Å². The molecule has 0 saturated carbocycles. The first kappa shape index (κ1) is 15.0. The largest absolute Gasteiger partial charge is 0.450 e. The van der Waals surface area contributed by atoms with E-state index in [4.69, 9.17) is 4.74 Å². The van der Waals surface area contributed by atoms with Gasteiger partial charge in [0.25, 0.3) is 0 Å². The molecule has 5 nitrogen and oxygen atoms in total. The molecule has 0 aromatic carbocycles. The maximum absolute atomic E-state index is 11.6. The Morgan fingerprint density at radius 3 is 2.67 bits per heavy atom. The number of esters is 1. The van der Waals surface area contributed by atoms with Crippen molar-refractivity contribution in [2.24, 2.45) is 5.92 Å². The Balaban J connectivity index is 2.32. The summed E-state index contributed by atoms with van der Waals surface area (Å²) in [7, 11) is 0. The lowest BCUT2D eigenvalue weighted by Crippen LogP contribution is -2.47. The lowest BCUT2D eigenvalue weighted by Gasteiger charge is -2.25. The Kier molecular flexibility index (Phi) is 5.65. The van der Waals surface area contributed by atoms with E-state index >= 15 is 0 Å². The second-order valence-corrected chi connectivity index (χ2v) is 5.91. The minimum absolute atomic E-state index is 0.0550. The molecule has 1 rings (SSSR count). The summed E-state index contributed by atoms with van der Waals surface area (Å²) in [6.45, 7) is 5.40. The molecule has 1 N–H and O–H groups in total. The van der Waals surface area contributed by atoms with Gasteiger partial charge in [0.1, 0.15) is 17.3 Å². The Morgan fingerprint density at radius 1 is 1.44 bits per heavy atom. The molecule has 1 fully saturated rings. The number of hydrogen-bond donors (Lipinski definition) is 1. The quantitative estimate of drug-likeness (QED) is 0.760. The fraction of sp³-hybridized carbons (Fsp3) is 0.750. The van der Waals surface area contributed by atoms with Crippen LogP contribution in [0.5, 0.6) is 0 Å². The van der Waals surface area contributed by atoms with E-state index in [0.717, 1.165) is 0 Å². The number of ketones is 1. The number of hydrogen-bond acceptors (Lipinski definition) is 5. The van der Waals surface area contributed by atoms with Crippen molar-refractivity contribution in [3.63, 3.8) is 0 Å². The molecule has 102 valence electrons. The summed E-state index contributed by atoms with van der Waals surface area (Å²) >= 11 is 1.48. The normalized spacial score (nSPS) is 23.7. The Labute approximate surface area is 111 Å². The molecule has 1 amide bonds. The Morgan fingerprint density at radius 2 is 2.11 bits per heavy atom. The lowest BCUT2D eigenvalue weighted by atomic mass is 10.0. The van der Waals surface area contributed by atoms with E-state index in [-0.39, 0.29) is 35.9 Å².